The summed E-state index contributed by atoms with van der Waals surface area (Å²) >= 11 is 0. The molecule has 9 heteroatoms. The predicted octanol–water partition coefficient (Wildman–Crippen LogP) is 1.22. The van der Waals surface area contributed by atoms with Crippen molar-refractivity contribution in [3.63, 3.8) is 0 Å². The van der Waals surface area contributed by atoms with Crippen LogP contribution < -0.4 is 0 Å². The average Bonchev–Trinajstić information content (AvgIpc) is 2.76. The molecule has 0 saturated heterocycles. The quantitative estimate of drug-likeness (QED) is 0.462. The van der Waals surface area contributed by atoms with Crippen LogP contribution >= 0.6 is 0 Å². The van der Waals surface area contributed by atoms with Crippen LogP contribution in [-0.4, -0.2) is 47.4 Å². The lowest BCUT2D eigenvalue weighted by Gasteiger charge is -2.27. The lowest BCUT2D eigenvalue weighted by atomic mass is 10.1. The van der Waals surface area contributed by atoms with Crippen molar-refractivity contribution in [3.05, 3.63) is 35.4 Å². The van der Waals surface area contributed by atoms with Gasteiger partial charge in [0, 0.05) is 5.34 Å². The third-order valence-corrected chi connectivity index (χ3v) is 3.23. The Morgan fingerprint density at radius 2 is 1.73 bits per heavy atom. The van der Waals surface area contributed by atoms with E-state index in [0.29, 0.717) is 5.06 Å². The average molecular weight is 314 g/mol. The van der Waals surface area contributed by atoms with Gasteiger partial charge in [-0.05, 0) is 19.1 Å². The van der Waals surface area contributed by atoms with Crippen LogP contribution in [0.5, 0.6) is 0 Å². The molecule has 0 fully saturated rings. The maximum absolute atomic E-state index is 12.9. The number of imide groups is 1. The van der Waals surface area contributed by atoms with Crippen LogP contribution in [0.2, 0.25) is 0 Å². The number of benzene rings is 1. The highest BCUT2D eigenvalue weighted by atomic mass is 19.4. The number of hydroxylamine groups is 2. The Bertz CT molecular complexity index is 602. The fourth-order valence-electron chi connectivity index (χ4n) is 1.87. The minimum absolute atomic E-state index is 0.102. The van der Waals surface area contributed by atoms with Gasteiger partial charge in [0.1, 0.15) is 6.61 Å². The van der Waals surface area contributed by atoms with Crippen LogP contribution in [0.1, 0.15) is 27.6 Å². The molecule has 22 heavy (non-hydrogen) atoms. The number of hydrogen-bond donors (Lipinski definition) is 0. The van der Waals surface area contributed by atoms with Crippen molar-refractivity contribution in [1.82, 2.24) is 10.4 Å². The topological polar surface area (TPSA) is 76.1 Å². The summed E-state index contributed by atoms with van der Waals surface area (Å²) in [6, 6.07) is 5.93. The van der Waals surface area contributed by atoms with Gasteiger partial charge >= 0.3 is 5.97 Å². The number of esters is 1. The Hall–Kier alpha value is -2.39. The number of ether oxygens (including phenoxy) is 1. The fourth-order valence-corrected chi connectivity index (χ4v) is 1.87. The third kappa shape index (κ3) is 2.44. The molecule has 2 rings (SSSR count). The van der Waals surface area contributed by atoms with E-state index in [1.807, 2.05) is 0 Å². The molecule has 1 unspecified atom stereocenters. The summed E-state index contributed by atoms with van der Waals surface area (Å²) in [7, 11) is 0.937. The Morgan fingerprint density at radius 1 is 1.23 bits per heavy atom. The first-order chi connectivity index (χ1) is 10.3. The lowest BCUT2D eigenvalue weighted by molar-refractivity contribution is -0.257. The lowest BCUT2D eigenvalue weighted by Crippen LogP contribution is -2.51. The maximum atomic E-state index is 12.9. The molecule has 7 nitrogen and oxygen atoms in total. The molecule has 0 aromatic heterocycles. The van der Waals surface area contributed by atoms with Crippen molar-refractivity contribution < 1.29 is 32.9 Å². The summed E-state index contributed by atoms with van der Waals surface area (Å²) in [4.78, 5) is 40.3. The van der Waals surface area contributed by atoms with Crippen molar-refractivity contribution in [2.75, 3.05) is 13.7 Å². The van der Waals surface area contributed by atoms with Crippen molar-refractivity contribution in [2.24, 2.45) is 0 Å². The Balaban J connectivity index is 2.17. The first-order valence-electron chi connectivity index (χ1n) is 6.14. The highest BCUT2D eigenvalue weighted by molar-refractivity contribution is 6.20. The zero-order chi connectivity index (χ0) is 16.5. The molecule has 1 aromatic rings. The second-order valence-corrected chi connectivity index (χ2v) is 4.72. The number of rotatable bonds is 5. The molecule has 0 radical (unpaired) electrons. The van der Waals surface area contributed by atoms with Gasteiger partial charge in [-0.15, -0.1) is 14.0 Å². The molecular weight excluding hydrogens is 302 g/mol. The molecule has 1 aromatic carbocycles. The zero-order valence-electron chi connectivity index (χ0n) is 11.7. The van der Waals surface area contributed by atoms with Gasteiger partial charge in [0.05, 0.1) is 18.2 Å². The molecule has 1 aliphatic heterocycles. The summed E-state index contributed by atoms with van der Waals surface area (Å²) < 4.78 is 30.1. The molecule has 0 aliphatic carbocycles. The molecule has 0 bridgehead atoms. The molecule has 2 amide bonds. The van der Waals surface area contributed by atoms with Gasteiger partial charge in [0.2, 0.25) is 5.54 Å². The first-order valence-corrected chi connectivity index (χ1v) is 6.14. The summed E-state index contributed by atoms with van der Waals surface area (Å²) in [5, 5.41) is -1.04. The molecule has 0 spiro atoms. The van der Waals surface area contributed by atoms with E-state index in [2.05, 4.69) is 4.74 Å². The number of amides is 2. The second-order valence-electron chi connectivity index (χ2n) is 4.72. The third-order valence-electron chi connectivity index (χ3n) is 3.23. The van der Waals surface area contributed by atoms with Crippen molar-refractivity contribution in [3.8, 4) is 0 Å². The fraction of sp³-hybridized carbons (Fsp3) is 0.308. The van der Waals surface area contributed by atoms with Gasteiger partial charge in [0.25, 0.3) is 11.8 Å². The predicted molar refractivity (Wildman–Crippen MR) is 67.4 cm³/mol. The zero-order valence-corrected chi connectivity index (χ0v) is 11.7. The Kier molecular flexibility index (Phi) is 4.20. The van der Waals surface area contributed by atoms with E-state index >= 15 is 0 Å². The molecule has 118 valence electrons. The first kappa shape index (κ1) is 16.0. The minimum atomic E-state index is -2.45. The smallest absolute Gasteiger partial charge is 0.334 e. The van der Waals surface area contributed by atoms with Crippen molar-refractivity contribution >= 4 is 17.8 Å². The number of nitrogens with zero attached hydrogens (tertiary/aromatic N) is 2. The van der Waals surface area contributed by atoms with Crippen LogP contribution in [0.15, 0.2) is 24.3 Å². The monoisotopic (exact) mass is 314 g/mol. The standard InChI is InChI=1S/C13H12F2N2O5/c1-13(17(14)15,12(20)21-2)7-22-16-10(18)8-5-3-4-6-9(8)11(16)19/h3-6H,7H2,1-2H3. The molecule has 0 saturated carbocycles. The number of carbonyl (C=O) groups excluding carboxylic acids is 3. The number of hydrogen-bond acceptors (Lipinski definition) is 6. The Labute approximate surface area is 123 Å². The second kappa shape index (κ2) is 5.78. The summed E-state index contributed by atoms with van der Waals surface area (Å²) in [6.45, 7) is -0.0882. The largest absolute Gasteiger partial charge is 0.467 e. The molecule has 1 aliphatic rings. The van der Waals surface area contributed by atoms with E-state index in [-0.39, 0.29) is 11.1 Å². The van der Waals surface area contributed by atoms with Crippen LogP contribution in [0.4, 0.5) is 8.96 Å². The normalized spacial score (nSPS) is 16.7. The summed E-state index contributed by atoms with van der Waals surface area (Å²) in [6.07, 6.45) is 0. The van der Waals surface area contributed by atoms with Gasteiger partial charge in [-0.25, -0.2) is 4.79 Å². The van der Waals surface area contributed by atoms with Crippen molar-refractivity contribution in [2.45, 2.75) is 12.5 Å². The number of halogens is 2. The summed E-state index contributed by atoms with van der Waals surface area (Å²) in [5.41, 5.74) is -2.25. The van der Waals surface area contributed by atoms with Crippen LogP contribution in [0, 0.1) is 0 Å². The maximum Gasteiger partial charge on any atom is 0.334 e. The molecule has 0 N–H and O–H groups in total. The van der Waals surface area contributed by atoms with E-state index in [9.17, 15) is 23.3 Å². The van der Waals surface area contributed by atoms with Gasteiger partial charge < -0.3 is 4.74 Å². The van der Waals surface area contributed by atoms with E-state index in [4.69, 9.17) is 4.84 Å². The van der Waals surface area contributed by atoms with Crippen molar-refractivity contribution in [1.29, 1.82) is 0 Å². The molecule has 1 heterocycles. The highest BCUT2D eigenvalue weighted by Crippen LogP contribution is 2.25. The number of methoxy groups -OCH3 is 1. The van der Waals surface area contributed by atoms with Gasteiger partial charge in [-0.2, -0.15) is 0 Å². The number of fused-ring (bicyclic) bond motifs is 1. The van der Waals surface area contributed by atoms with Gasteiger partial charge in [-0.1, -0.05) is 12.1 Å². The summed E-state index contributed by atoms with van der Waals surface area (Å²) in [5.74, 6) is -2.83. The SMILES string of the molecule is COC(=O)C(C)(CON1C(=O)c2ccccc2C1=O)N(F)F. The van der Waals surface area contributed by atoms with Crippen LogP contribution in [0.25, 0.3) is 0 Å². The molecular formula is C13H12F2N2O5. The Morgan fingerprint density at radius 3 is 2.14 bits per heavy atom. The minimum Gasteiger partial charge on any atom is -0.467 e. The van der Waals surface area contributed by atoms with E-state index in [1.54, 1.807) is 12.1 Å². The van der Waals surface area contributed by atoms with Gasteiger partial charge in [0.15, 0.2) is 0 Å². The molecule has 1 atom stereocenters. The van der Waals surface area contributed by atoms with E-state index < -0.39 is 35.3 Å². The van der Waals surface area contributed by atoms with Crippen LogP contribution in [-0.2, 0) is 14.4 Å². The highest BCUT2D eigenvalue weighted by Gasteiger charge is 2.46. The van der Waals surface area contributed by atoms with E-state index in [1.165, 1.54) is 12.1 Å². The van der Waals surface area contributed by atoms with E-state index in [0.717, 1.165) is 14.0 Å². The van der Waals surface area contributed by atoms with Gasteiger partial charge in [-0.3, -0.25) is 14.4 Å². The van der Waals surface area contributed by atoms with Crippen LogP contribution in [0.3, 0.4) is 0 Å². The number of carbonyl (C=O) groups is 3.